The molecule has 1 atom stereocenters. The molecule has 10 heteroatoms. The van der Waals surface area contributed by atoms with E-state index in [2.05, 4.69) is 37.4 Å². The Labute approximate surface area is 184 Å². The van der Waals surface area contributed by atoms with Crippen molar-refractivity contribution in [3.05, 3.63) is 24.3 Å². The first-order valence-electron chi connectivity index (χ1n) is 9.26. The lowest BCUT2D eigenvalue weighted by molar-refractivity contribution is -0.152. The second kappa shape index (κ2) is 18.1. The summed E-state index contributed by atoms with van der Waals surface area (Å²) in [6, 6.07) is 0. The van der Waals surface area contributed by atoms with E-state index < -0.39 is 30.0 Å². The summed E-state index contributed by atoms with van der Waals surface area (Å²) in [6.07, 6.45) is 5.04. The van der Waals surface area contributed by atoms with Crippen molar-refractivity contribution in [2.24, 2.45) is 0 Å². The number of rotatable bonds is 15. The number of carbonyl (C=O) groups excluding carboxylic acids is 4. The first kappa shape index (κ1) is 27.0. The molecule has 1 unspecified atom stereocenters. The van der Waals surface area contributed by atoms with Crippen LogP contribution < -0.4 is 5.32 Å². The Balaban J connectivity index is 4.62. The summed E-state index contributed by atoms with van der Waals surface area (Å²) in [4.78, 5) is 46.0. The van der Waals surface area contributed by atoms with Gasteiger partial charge < -0.3 is 24.3 Å². The average molecular weight is 525 g/mol. The molecule has 0 fully saturated rings. The molecule has 0 saturated carbocycles. The van der Waals surface area contributed by atoms with Gasteiger partial charge in [-0.15, -0.1) is 0 Å². The molecule has 0 rings (SSSR count). The molecule has 0 heterocycles. The van der Waals surface area contributed by atoms with Crippen molar-refractivity contribution < 1.29 is 38.1 Å². The van der Waals surface area contributed by atoms with Crippen molar-refractivity contribution in [2.75, 3.05) is 37.3 Å². The fourth-order valence-corrected chi connectivity index (χ4v) is 2.36. The van der Waals surface area contributed by atoms with Crippen LogP contribution in [0.5, 0.6) is 0 Å². The number of nitrogens with one attached hydrogen (secondary N) is 1. The summed E-state index contributed by atoms with van der Waals surface area (Å²) >= 11 is 2.29. The predicted octanol–water partition coefficient (Wildman–Crippen LogP) is 1.48. The number of unbranched alkanes of at least 4 members (excludes halogenated alkanes) is 1. The number of esters is 4. The van der Waals surface area contributed by atoms with Gasteiger partial charge in [0.1, 0.15) is 12.7 Å². The zero-order valence-electron chi connectivity index (χ0n) is 16.7. The molecular formula is C19H28INO8. The minimum atomic E-state index is -0.772. The quantitative estimate of drug-likeness (QED) is 0.0848. The van der Waals surface area contributed by atoms with Gasteiger partial charge in [0, 0.05) is 30.8 Å². The molecule has 29 heavy (non-hydrogen) atoms. The Hall–Kier alpha value is -1.95. The third kappa shape index (κ3) is 16.7. The third-order valence-electron chi connectivity index (χ3n) is 3.09. The molecule has 9 nitrogen and oxygen atoms in total. The van der Waals surface area contributed by atoms with Gasteiger partial charge >= 0.3 is 23.9 Å². The van der Waals surface area contributed by atoms with Gasteiger partial charge in [-0.05, 0) is 37.7 Å². The van der Waals surface area contributed by atoms with Crippen molar-refractivity contribution >= 4 is 46.5 Å². The zero-order valence-corrected chi connectivity index (χ0v) is 18.8. The molecule has 0 aromatic heterocycles. The number of alkyl halides is 1. The smallest absolute Gasteiger partial charge is 0.331 e. The molecule has 0 aromatic rings. The Kier molecular flexibility index (Phi) is 16.9. The van der Waals surface area contributed by atoms with Gasteiger partial charge in [-0.1, -0.05) is 22.6 Å². The van der Waals surface area contributed by atoms with Crippen molar-refractivity contribution in [1.29, 1.82) is 0 Å². The van der Waals surface area contributed by atoms with Crippen LogP contribution in [0.1, 0.15) is 26.7 Å². The van der Waals surface area contributed by atoms with E-state index in [-0.39, 0.29) is 26.4 Å². The fourth-order valence-electron chi connectivity index (χ4n) is 1.82. The minimum absolute atomic E-state index is 0.192. The van der Waals surface area contributed by atoms with Gasteiger partial charge in [0.2, 0.25) is 0 Å². The van der Waals surface area contributed by atoms with Gasteiger partial charge in [-0.2, -0.15) is 0 Å². The van der Waals surface area contributed by atoms with E-state index in [1.807, 2.05) is 0 Å². The van der Waals surface area contributed by atoms with E-state index in [0.29, 0.717) is 6.54 Å². The predicted molar refractivity (Wildman–Crippen MR) is 113 cm³/mol. The SMILES string of the molecule is CCOC(=O)/C=C/C(=O)OCC(CNCCCCI)OC(=O)/C=C/C(=O)OCC. The van der Waals surface area contributed by atoms with Crippen molar-refractivity contribution in [3.8, 4) is 0 Å². The van der Waals surface area contributed by atoms with Gasteiger partial charge in [-0.25, -0.2) is 19.2 Å². The lowest BCUT2D eigenvalue weighted by atomic mass is 10.3. The number of carbonyl (C=O) groups is 4. The highest BCUT2D eigenvalue weighted by Gasteiger charge is 2.15. The van der Waals surface area contributed by atoms with Crippen LogP contribution in [-0.2, 0) is 38.1 Å². The number of ether oxygens (including phenoxy) is 4. The van der Waals surface area contributed by atoms with Crippen LogP contribution in [0.3, 0.4) is 0 Å². The Morgan fingerprint density at radius 3 is 1.86 bits per heavy atom. The van der Waals surface area contributed by atoms with Crippen LogP contribution in [-0.4, -0.2) is 67.3 Å². The summed E-state index contributed by atoms with van der Waals surface area (Å²) in [6.45, 7) is 4.43. The van der Waals surface area contributed by atoms with E-state index in [0.717, 1.165) is 41.6 Å². The average Bonchev–Trinajstić information content (AvgIpc) is 2.69. The van der Waals surface area contributed by atoms with Crippen LogP contribution >= 0.6 is 22.6 Å². The molecule has 1 N–H and O–H groups in total. The van der Waals surface area contributed by atoms with E-state index in [1.165, 1.54) is 0 Å². The van der Waals surface area contributed by atoms with Gasteiger partial charge in [0.05, 0.1) is 13.2 Å². The molecule has 0 aliphatic heterocycles. The summed E-state index contributed by atoms with van der Waals surface area (Å²) < 4.78 is 20.6. The molecule has 0 bridgehead atoms. The van der Waals surface area contributed by atoms with Gasteiger partial charge in [0.25, 0.3) is 0 Å². The normalized spacial score (nSPS) is 12.0. The Bertz CT molecular complexity index is 577. The standard InChI is InChI=1S/C19H28INO8/c1-3-26-16(22)7-8-18(24)28-14-15(13-21-12-6-5-11-20)29-19(25)10-9-17(23)27-4-2/h7-10,15,21H,3-6,11-14H2,1-2H3/b8-7+,10-9+. The molecule has 0 amide bonds. The van der Waals surface area contributed by atoms with Gasteiger partial charge in [0.15, 0.2) is 0 Å². The maximum absolute atomic E-state index is 11.9. The first-order valence-corrected chi connectivity index (χ1v) is 10.8. The monoisotopic (exact) mass is 525 g/mol. The lowest BCUT2D eigenvalue weighted by Crippen LogP contribution is -2.35. The van der Waals surface area contributed by atoms with E-state index in [4.69, 9.17) is 9.47 Å². The van der Waals surface area contributed by atoms with E-state index in [1.54, 1.807) is 13.8 Å². The fraction of sp³-hybridized carbons (Fsp3) is 0.579. The van der Waals surface area contributed by atoms with Crippen LogP contribution in [0.2, 0.25) is 0 Å². The number of hydrogen-bond donors (Lipinski definition) is 1. The van der Waals surface area contributed by atoms with E-state index in [9.17, 15) is 19.2 Å². The van der Waals surface area contributed by atoms with E-state index >= 15 is 0 Å². The van der Waals surface area contributed by atoms with Crippen LogP contribution in [0.4, 0.5) is 0 Å². The number of halogens is 1. The molecule has 0 aliphatic carbocycles. The van der Waals surface area contributed by atoms with Crippen molar-refractivity contribution in [2.45, 2.75) is 32.8 Å². The van der Waals surface area contributed by atoms with Gasteiger partial charge in [-0.3, -0.25) is 0 Å². The van der Waals surface area contributed by atoms with Crippen molar-refractivity contribution in [3.63, 3.8) is 0 Å². The molecule has 164 valence electrons. The minimum Gasteiger partial charge on any atom is -0.463 e. The largest absolute Gasteiger partial charge is 0.463 e. The topological polar surface area (TPSA) is 117 Å². The van der Waals surface area contributed by atoms with Crippen LogP contribution in [0.15, 0.2) is 24.3 Å². The Morgan fingerprint density at radius 2 is 1.34 bits per heavy atom. The summed E-state index contributed by atoms with van der Waals surface area (Å²) in [5.74, 6) is -2.86. The maximum Gasteiger partial charge on any atom is 0.331 e. The second-order valence-corrected chi connectivity index (χ2v) is 6.54. The first-order chi connectivity index (χ1) is 13.9. The zero-order chi connectivity index (χ0) is 21.9. The molecular weight excluding hydrogens is 497 g/mol. The third-order valence-corrected chi connectivity index (χ3v) is 3.85. The number of hydrogen-bond acceptors (Lipinski definition) is 9. The molecule has 0 spiro atoms. The Morgan fingerprint density at radius 1 is 0.828 bits per heavy atom. The highest BCUT2D eigenvalue weighted by atomic mass is 127. The molecule has 0 saturated heterocycles. The lowest BCUT2D eigenvalue weighted by Gasteiger charge is -2.17. The van der Waals surface area contributed by atoms with Crippen LogP contribution in [0, 0.1) is 0 Å². The second-order valence-electron chi connectivity index (χ2n) is 5.46. The summed E-state index contributed by atoms with van der Waals surface area (Å²) in [5.41, 5.74) is 0. The van der Waals surface area contributed by atoms with Crippen molar-refractivity contribution in [1.82, 2.24) is 5.32 Å². The summed E-state index contributed by atoms with van der Waals surface area (Å²) in [7, 11) is 0. The summed E-state index contributed by atoms with van der Waals surface area (Å²) in [5, 5.41) is 3.12. The molecule has 0 aromatic carbocycles. The maximum atomic E-state index is 11.9. The van der Waals surface area contributed by atoms with Crippen LogP contribution in [0.25, 0.3) is 0 Å². The highest BCUT2D eigenvalue weighted by molar-refractivity contribution is 14.1. The highest BCUT2D eigenvalue weighted by Crippen LogP contribution is 1.98. The molecule has 0 radical (unpaired) electrons. The molecule has 0 aliphatic rings.